The Morgan fingerprint density at radius 1 is 1.41 bits per heavy atom. The van der Waals surface area contributed by atoms with Crippen LogP contribution in [0.25, 0.3) is 10.9 Å². The molecule has 2 rings (SSSR count). The summed E-state index contributed by atoms with van der Waals surface area (Å²) in [6.07, 6.45) is 10.6. The molecule has 0 bridgehead atoms. The molecule has 2 N–H and O–H groups in total. The third-order valence-corrected chi connectivity index (χ3v) is 3.27. The van der Waals surface area contributed by atoms with Gasteiger partial charge in [0.15, 0.2) is 0 Å². The highest BCUT2D eigenvalue weighted by Crippen LogP contribution is 2.29. The van der Waals surface area contributed by atoms with E-state index in [0.717, 1.165) is 36.0 Å². The summed E-state index contributed by atoms with van der Waals surface area (Å²) in [4.78, 5) is 4.17. The van der Waals surface area contributed by atoms with E-state index >= 15 is 0 Å². The molecule has 0 atom stereocenters. The second kappa shape index (κ2) is 4.50. The highest BCUT2D eigenvalue weighted by molar-refractivity contribution is 5.94. The number of nitrogens with two attached hydrogens (primary N) is 1. The maximum Gasteiger partial charge on any atom is 0.0692 e. The molecule has 0 fully saturated rings. The van der Waals surface area contributed by atoms with Gasteiger partial charge >= 0.3 is 0 Å². The standard InChI is InChI=1S/C14H17N3/c1-4-5-6-7-17-11(3)10(2)14-12(15)8-16-9-13(14)17/h1,8-9H,5-7,15H2,2-3H3. The van der Waals surface area contributed by atoms with Crippen LogP contribution in [0.2, 0.25) is 0 Å². The predicted molar refractivity (Wildman–Crippen MR) is 71.7 cm³/mol. The maximum atomic E-state index is 5.99. The average Bonchev–Trinajstić information content (AvgIpc) is 2.55. The first-order valence-corrected chi connectivity index (χ1v) is 5.79. The number of terminal acetylenes is 1. The van der Waals surface area contributed by atoms with E-state index in [-0.39, 0.29) is 0 Å². The molecular weight excluding hydrogens is 210 g/mol. The fourth-order valence-corrected chi connectivity index (χ4v) is 2.27. The number of aromatic nitrogens is 2. The summed E-state index contributed by atoms with van der Waals surface area (Å²) in [6.45, 7) is 5.14. The van der Waals surface area contributed by atoms with E-state index in [2.05, 4.69) is 29.3 Å². The molecule has 0 amide bonds. The number of fused-ring (bicyclic) bond motifs is 1. The number of pyridine rings is 1. The molecule has 17 heavy (non-hydrogen) atoms. The molecule has 0 spiro atoms. The monoisotopic (exact) mass is 227 g/mol. The molecule has 3 nitrogen and oxygen atoms in total. The van der Waals surface area contributed by atoms with E-state index in [1.165, 1.54) is 11.3 Å². The normalized spacial score (nSPS) is 10.6. The van der Waals surface area contributed by atoms with E-state index in [1.54, 1.807) is 6.20 Å². The number of aryl methyl sites for hydroxylation is 2. The van der Waals surface area contributed by atoms with Gasteiger partial charge in [-0.3, -0.25) is 4.98 Å². The highest BCUT2D eigenvalue weighted by atomic mass is 15.0. The SMILES string of the molecule is C#CCCCn1c(C)c(C)c2c(N)cncc21. The van der Waals surface area contributed by atoms with E-state index in [0.29, 0.717) is 0 Å². The van der Waals surface area contributed by atoms with E-state index < -0.39 is 0 Å². The Bertz CT molecular complexity index is 588. The van der Waals surface area contributed by atoms with Gasteiger partial charge in [0, 0.05) is 24.0 Å². The van der Waals surface area contributed by atoms with Gasteiger partial charge in [-0.25, -0.2) is 0 Å². The summed E-state index contributed by atoms with van der Waals surface area (Å²) < 4.78 is 2.26. The Morgan fingerprint density at radius 2 is 2.18 bits per heavy atom. The lowest BCUT2D eigenvalue weighted by atomic mass is 10.2. The fourth-order valence-electron chi connectivity index (χ4n) is 2.27. The van der Waals surface area contributed by atoms with Crippen LogP contribution in [0.1, 0.15) is 24.1 Å². The fraction of sp³-hybridized carbons (Fsp3) is 0.357. The smallest absolute Gasteiger partial charge is 0.0692 e. The molecule has 2 aromatic rings. The van der Waals surface area contributed by atoms with Gasteiger partial charge in [0.2, 0.25) is 0 Å². The first-order valence-electron chi connectivity index (χ1n) is 5.79. The molecule has 88 valence electrons. The molecule has 0 aromatic carbocycles. The first kappa shape index (κ1) is 11.5. The number of unbranched alkanes of at least 4 members (excludes halogenated alkanes) is 1. The van der Waals surface area contributed by atoms with Crippen molar-refractivity contribution in [2.45, 2.75) is 33.2 Å². The second-order valence-corrected chi connectivity index (χ2v) is 4.29. The largest absolute Gasteiger partial charge is 0.397 e. The van der Waals surface area contributed by atoms with Crippen LogP contribution < -0.4 is 5.73 Å². The van der Waals surface area contributed by atoms with Crippen LogP contribution >= 0.6 is 0 Å². The van der Waals surface area contributed by atoms with Crippen molar-refractivity contribution in [2.75, 3.05) is 5.73 Å². The van der Waals surface area contributed by atoms with Crippen LogP contribution in [0.3, 0.4) is 0 Å². The summed E-state index contributed by atoms with van der Waals surface area (Å²) in [5, 5.41) is 1.12. The summed E-state index contributed by atoms with van der Waals surface area (Å²) in [6, 6.07) is 0. The molecule has 0 aliphatic carbocycles. The molecule has 0 radical (unpaired) electrons. The van der Waals surface area contributed by atoms with Gasteiger partial charge in [-0.15, -0.1) is 12.3 Å². The topological polar surface area (TPSA) is 43.8 Å². The van der Waals surface area contributed by atoms with Crippen molar-refractivity contribution >= 4 is 16.6 Å². The van der Waals surface area contributed by atoms with Crippen LogP contribution in [-0.4, -0.2) is 9.55 Å². The van der Waals surface area contributed by atoms with E-state index in [9.17, 15) is 0 Å². The number of hydrogen-bond acceptors (Lipinski definition) is 2. The van der Waals surface area contributed by atoms with Crippen LogP contribution in [0.5, 0.6) is 0 Å². The minimum absolute atomic E-state index is 0.749. The quantitative estimate of drug-likeness (QED) is 0.647. The second-order valence-electron chi connectivity index (χ2n) is 4.29. The van der Waals surface area contributed by atoms with Crippen molar-refractivity contribution in [3.05, 3.63) is 23.7 Å². The molecule has 0 saturated carbocycles. The molecule has 2 heterocycles. The Morgan fingerprint density at radius 3 is 2.88 bits per heavy atom. The Balaban J connectivity index is 2.52. The third kappa shape index (κ3) is 1.87. The van der Waals surface area contributed by atoms with Gasteiger partial charge < -0.3 is 10.3 Å². The Hall–Kier alpha value is -1.95. The van der Waals surface area contributed by atoms with Gasteiger partial charge in [-0.05, 0) is 25.8 Å². The molecule has 3 heteroatoms. The molecular formula is C14H17N3. The number of nitrogen functional groups attached to an aromatic ring is 1. The number of nitrogens with zero attached hydrogens (tertiary/aromatic N) is 2. The van der Waals surface area contributed by atoms with E-state index in [4.69, 9.17) is 12.2 Å². The third-order valence-electron chi connectivity index (χ3n) is 3.27. The molecule has 0 aliphatic rings. The minimum Gasteiger partial charge on any atom is -0.397 e. The molecule has 0 unspecified atom stereocenters. The van der Waals surface area contributed by atoms with Crippen molar-refractivity contribution in [1.29, 1.82) is 0 Å². The van der Waals surface area contributed by atoms with Crippen molar-refractivity contribution in [3.8, 4) is 12.3 Å². The van der Waals surface area contributed by atoms with Crippen LogP contribution in [-0.2, 0) is 6.54 Å². The van der Waals surface area contributed by atoms with Crippen LogP contribution in [0.4, 0.5) is 5.69 Å². The lowest BCUT2D eigenvalue weighted by Crippen LogP contribution is -2.00. The lowest BCUT2D eigenvalue weighted by Gasteiger charge is -2.06. The zero-order chi connectivity index (χ0) is 12.4. The summed E-state index contributed by atoms with van der Waals surface area (Å²) in [5.74, 6) is 2.67. The summed E-state index contributed by atoms with van der Waals surface area (Å²) in [5.41, 5.74) is 10.3. The van der Waals surface area contributed by atoms with Crippen molar-refractivity contribution in [1.82, 2.24) is 9.55 Å². The number of hydrogen-bond donors (Lipinski definition) is 1. The Kier molecular flexibility index (Phi) is 3.06. The van der Waals surface area contributed by atoms with Crippen molar-refractivity contribution in [2.24, 2.45) is 0 Å². The summed E-state index contributed by atoms with van der Waals surface area (Å²) >= 11 is 0. The molecule has 0 aliphatic heterocycles. The first-order chi connectivity index (χ1) is 8.16. The number of anilines is 1. The lowest BCUT2D eigenvalue weighted by molar-refractivity contribution is 0.659. The number of rotatable bonds is 3. The van der Waals surface area contributed by atoms with E-state index in [1.807, 2.05) is 6.20 Å². The van der Waals surface area contributed by atoms with Crippen molar-refractivity contribution < 1.29 is 0 Å². The van der Waals surface area contributed by atoms with Gasteiger partial charge in [0.25, 0.3) is 0 Å². The van der Waals surface area contributed by atoms with Gasteiger partial charge in [0.1, 0.15) is 0 Å². The predicted octanol–water partition coefficient (Wildman–Crippen LogP) is 2.65. The van der Waals surface area contributed by atoms with Gasteiger partial charge in [0.05, 0.1) is 23.6 Å². The van der Waals surface area contributed by atoms with Gasteiger partial charge in [-0.2, -0.15) is 0 Å². The average molecular weight is 227 g/mol. The minimum atomic E-state index is 0.749. The molecule has 0 saturated heterocycles. The Labute approximate surface area is 102 Å². The zero-order valence-corrected chi connectivity index (χ0v) is 10.3. The van der Waals surface area contributed by atoms with Crippen LogP contribution in [0, 0.1) is 26.2 Å². The zero-order valence-electron chi connectivity index (χ0n) is 10.3. The molecule has 2 aromatic heterocycles. The van der Waals surface area contributed by atoms with Crippen molar-refractivity contribution in [3.63, 3.8) is 0 Å². The highest BCUT2D eigenvalue weighted by Gasteiger charge is 2.12. The van der Waals surface area contributed by atoms with Gasteiger partial charge in [-0.1, -0.05) is 0 Å². The maximum absolute atomic E-state index is 5.99. The summed E-state index contributed by atoms with van der Waals surface area (Å²) in [7, 11) is 0. The van der Waals surface area contributed by atoms with Crippen LogP contribution in [0.15, 0.2) is 12.4 Å².